The Morgan fingerprint density at radius 3 is 2.67 bits per heavy atom. The first-order chi connectivity index (χ1) is 17.4. The Balaban J connectivity index is 1.38. The average Bonchev–Trinajstić information content (AvgIpc) is 3.41. The van der Waals surface area contributed by atoms with Crippen LogP contribution in [0.3, 0.4) is 0 Å². The van der Waals surface area contributed by atoms with E-state index in [4.69, 9.17) is 4.98 Å². The molecule has 0 radical (unpaired) electrons. The molecule has 0 atom stereocenters. The Bertz CT molecular complexity index is 1600. The van der Waals surface area contributed by atoms with Crippen molar-refractivity contribution in [2.45, 2.75) is 38.5 Å². The van der Waals surface area contributed by atoms with E-state index in [9.17, 15) is 18.0 Å². The molecule has 0 spiro atoms. The Kier molecular flexibility index (Phi) is 5.28. The third-order valence-electron chi connectivity index (χ3n) is 6.59. The van der Waals surface area contributed by atoms with Crippen molar-refractivity contribution in [2.24, 2.45) is 0 Å². The second kappa shape index (κ2) is 8.51. The van der Waals surface area contributed by atoms with Crippen molar-refractivity contribution in [2.75, 3.05) is 5.32 Å². The monoisotopic (exact) mass is 489 g/mol. The molecule has 3 aromatic heterocycles. The summed E-state index contributed by atoms with van der Waals surface area (Å²) in [7, 11) is 0. The van der Waals surface area contributed by atoms with Gasteiger partial charge in [-0.05, 0) is 48.7 Å². The van der Waals surface area contributed by atoms with Crippen molar-refractivity contribution in [3.63, 3.8) is 0 Å². The highest BCUT2D eigenvalue weighted by molar-refractivity contribution is 6.06. The molecule has 0 saturated heterocycles. The summed E-state index contributed by atoms with van der Waals surface area (Å²) in [5.74, 6) is 0.620. The lowest BCUT2D eigenvalue weighted by atomic mass is 10.1. The fourth-order valence-electron chi connectivity index (χ4n) is 4.86. The van der Waals surface area contributed by atoms with Crippen LogP contribution in [0, 0.1) is 0 Å². The molecule has 0 unspecified atom stereocenters. The van der Waals surface area contributed by atoms with Gasteiger partial charge in [-0.3, -0.25) is 4.79 Å². The highest BCUT2D eigenvalue weighted by Crippen LogP contribution is 2.32. The summed E-state index contributed by atoms with van der Waals surface area (Å²) in [4.78, 5) is 22.2. The van der Waals surface area contributed by atoms with Gasteiger partial charge in [0, 0.05) is 36.8 Å². The molecule has 0 fully saturated rings. The first-order valence-corrected chi connectivity index (χ1v) is 11.8. The summed E-state index contributed by atoms with van der Waals surface area (Å²) in [5, 5.41) is 3.16. The number of carbonyl (C=O) groups is 1. The number of anilines is 1. The molecular weight excluding hydrogens is 467 g/mol. The second-order valence-corrected chi connectivity index (χ2v) is 9.03. The van der Waals surface area contributed by atoms with Gasteiger partial charge in [-0.15, -0.1) is 0 Å². The van der Waals surface area contributed by atoms with E-state index >= 15 is 0 Å². The molecule has 0 aliphatic carbocycles. The van der Waals surface area contributed by atoms with Crippen molar-refractivity contribution in [1.82, 2.24) is 19.1 Å². The van der Waals surface area contributed by atoms with Crippen LogP contribution < -0.4 is 5.32 Å². The van der Waals surface area contributed by atoms with Gasteiger partial charge in [-0.2, -0.15) is 13.2 Å². The van der Waals surface area contributed by atoms with Gasteiger partial charge in [0.15, 0.2) is 0 Å². The van der Waals surface area contributed by atoms with Crippen molar-refractivity contribution >= 4 is 33.7 Å². The molecule has 0 bridgehead atoms. The standard InChI is InChI=1S/C27H22F3N5O/c28-27(29,30)19-12-18-13-23(35(25(18)31-15-19)16-17-6-2-1-3-7-17)26(36)32-20-9-10-22-21(14-20)33-24-8-4-5-11-34(22)24/h1-3,6-7,9-10,12-15H,4-5,8,11,16H2,(H,32,36). The van der Waals surface area contributed by atoms with Crippen molar-refractivity contribution in [3.8, 4) is 0 Å². The van der Waals surface area contributed by atoms with E-state index in [1.807, 2.05) is 48.5 Å². The van der Waals surface area contributed by atoms with Crippen LogP contribution in [-0.2, 0) is 25.7 Å². The Morgan fingerprint density at radius 1 is 1.03 bits per heavy atom. The molecule has 1 aliphatic rings. The van der Waals surface area contributed by atoms with E-state index < -0.39 is 17.6 Å². The van der Waals surface area contributed by atoms with Gasteiger partial charge in [-0.1, -0.05) is 30.3 Å². The summed E-state index contributed by atoms with van der Waals surface area (Å²) >= 11 is 0. The number of benzene rings is 2. The minimum Gasteiger partial charge on any atom is -0.328 e. The van der Waals surface area contributed by atoms with E-state index in [0.717, 1.165) is 60.5 Å². The SMILES string of the molecule is O=C(Nc1ccc2c(c1)nc1n2CCCC1)c1cc2cc(C(F)(F)F)cnc2n1Cc1ccccc1. The number of nitrogens with zero attached hydrogens (tertiary/aromatic N) is 4. The Morgan fingerprint density at radius 2 is 1.86 bits per heavy atom. The zero-order chi connectivity index (χ0) is 24.9. The normalized spacial score (nSPS) is 13.8. The molecular formula is C27H22F3N5O. The van der Waals surface area contributed by atoms with E-state index in [2.05, 4.69) is 14.9 Å². The van der Waals surface area contributed by atoms with Crippen LogP contribution in [0.5, 0.6) is 0 Å². The van der Waals surface area contributed by atoms with Crippen LogP contribution in [0.1, 0.15) is 40.3 Å². The first kappa shape index (κ1) is 22.3. The lowest BCUT2D eigenvalue weighted by molar-refractivity contribution is -0.137. The van der Waals surface area contributed by atoms with Crippen LogP contribution in [0.2, 0.25) is 0 Å². The molecule has 1 N–H and O–H groups in total. The van der Waals surface area contributed by atoms with Gasteiger partial charge >= 0.3 is 6.18 Å². The fourth-order valence-corrected chi connectivity index (χ4v) is 4.86. The van der Waals surface area contributed by atoms with Crippen LogP contribution >= 0.6 is 0 Å². The van der Waals surface area contributed by atoms with Crippen LogP contribution in [0.15, 0.2) is 66.9 Å². The summed E-state index contributed by atoms with van der Waals surface area (Å²) in [6.45, 7) is 1.22. The number of pyridine rings is 1. The maximum atomic E-state index is 13.4. The lowest BCUT2D eigenvalue weighted by Crippen LogP contribution is -2.17. The van der Waals surface area contributed by atoms with Gasteiger partial charge < -0.3 is 14.5 Å². The Hall–Kier alpha value is -4.14. The zero-order valence-corrected chi connectivity index (χ0v) is 19.2. The fraction of sp³-hybridized carbons (Fsp3) is 0.222. The summed E-state index contributed by atoms with van der Waals surface area (Å²) < 4.78 is 43.7. The largest absolute Gasteiger partial charge is 0.417 e. The molecule has 36 heavy (non-hydrogen) atoms. The molecule has 2 aromatic carbocycles. The number of amides is 1. The minimum atomic E-state index is -4.52. The number of nitrogens with one attached hydrogen (secondary N) is 1. The predicted molar refractivity (Wildman–Crippen MR) is 131 cm³/mol. The number of alkyl halides is 3. The van der Waals surface area contributed by atoms with Crippen molar-refractivity contribution < 1.29 is 18.0 Å². The van der Waals surface area contributed by atoms with E-state index in [0.29, 0.717) is 11.3 Å². The highest BCUT2D eigenvalue weighted by atomic mass is 19.4. The quantitative estimate of drug-likeness (QED) is 0.335. The lowest BCUT2D eigenvalue weighted by Gasteiger charge is -2.14. The number of halogens is 3. The van der Waals surface area contributed by atoms with Gasteiger partial charge in [-0.25, -0.2) is 9.97 Å². The molecule has 182 valence electrons. The minimum absolute atomic E-state index is 0.227. The van der Waals surface area contributed by atoms with Crippen LogP contribution in [0.25, 0.3) is 22.1 Å². The van der Waals surface area contributed by atoms with Crippen LogP contribution in [-0.4, -0.2) is 25.0 Å². The number of carbonyl (C=O) groups excluding carboxylic acids is 1. The predicted octanol–water partition coefficient (Wildman–Crippen LogP) is 6.04. The number of rotatable bonds is 4. The Labute approximate surface area is 204 Å². The zero-order valence-electron chi connectivity index (χ0n) is 19.2. The van der Waals surface area contributed by atoms with E-state index in [-0.39, 0.29) is 17.6 Å². The smallest absolute Gasteiger partial charge is 0.328 e. The summed E-state index contributed by atoms with van der Waals surface area (Å²) in [5.41, 5.74) is 3.00. The maximum Gasteiger partial charge on any atom is 0.417 e. The van der Waals surface area contributed by atoms with Crippen molar-refractivity contribution in [1.29, 1.82) is 0 Å². The molecule has 1 aliphatic heterocycles. The number of hydrogen-bond acceptors (Lipinski definition) is 3. The van der Waals surface area contributed by atoms with Gasteiger partial charge in [0.2, 0.25) is 0 Å². The topological polar surface area (TPSA) is 64.7 Å². The summed E-state index contributed by atoms with van der Waals surface area (Å²) in [6, 6.07) is 17.5. The molecule has 0 saturated carbocycles. The number of aryl methyl sites for hydroxylation is 2. The number of imidazole rings is 1. The molecule has 6 rings (SSSR count). The van der Waals surface area contributed by atoms with Gasteiger partial charge in [0.05, 0.1) is 16.6 Å². The second-order valence-electron chi connectivity index (χ2n) is 9.03. The first-order valence-electron chi connectivity index (χ1n) is 11.8. The molecule has 5 aromatic rings. The average molecular weight is 490 g/mol. The number of fused-ring (bicyclic) bond motifs is 4. The molecule has 4 heterocycles. The molecule has 6 nitrogen and oxygen atoms in total. The summed E-state index contributed by atoms with van der Waals surface area (Å²) in [6.07, 6.45) is -0.553. The van der Waals surface area contributed by atoms with Gasteiger partial charge in [0.25, 0.3) is 5.91 Å². The molecule has 9 heteroatoms. The van der Waals surface area contributed by atoms with Gasteiger partial charge in [0.1, 0.15) is 17.2 Å². The van der Waals surface area contributed by atoms with E-state index in [1.54, 1.807) is 4.57 Å². The maximum absolute atomic E-state index is 13.4. The number of hydrogen-bond donors (Lipinski definition) is 1. The van der Waals surface area contributed by atoms with Crippen LogP contribution in [0.4, 0.5) is 18.9 Å². The molecule has 1 amide bonds. The van der Waals surface area contributed by atoms with Crippen molar-refractivity contribution in [3.05, 3.63) is 89.5 Å². The third-order valence-corrected chi connectivity index (χ3v) is 6.59. The highest BCUT2D eigenvalue weighted by Gasteiger charge is 2.32. The van der Waals surface area contributed by atoms with E-state index in [1.165, 1.54) is 6.07 Å². The number of aromatic nitrogens is 4. The third kappa shape index (κ3) is 4.00.